The molecule has 21 heavy (non-hydrogen) atoms. The minimum Gasteiger partial charge on any atom is -0.397 e. The Balaban J connectivity index is 1.88. The molecule has 4 heteroatoms. The van der Waals surface area contributed by atoms with Crippen molar-refractivity contribution in [2.75, 3.05) is 17.7 Å². The van der Waals surface area contributed by atoms with Crippen molar-refractivity contribution in [3.8, 4) is 0 Å². The number of fused-ring (bicyclic) bond motifs is 1. The number of pyridine rings is 1. The molecule has 0 bridgehead atoms. The first-order chi connectivity index (χ1) is 10.1. The zero-order valence-electron chi connectivity index (χ0n) is 11.8. The molecular formula is C17H16ClN3. The molecule has 0 unspecified atom stereocenters. The van der Waals surface area contributed by atoms with Crippen LogP contribution in [0.3, 0.4) is 0 Å². The molecule has 3 aromatic rings. The van der Waals surface area contributed by atoms with Crippen LogP contribution in [0.5, 0.6) is 0 Å². The molecule has 0 spiro atoms. The molecule has 0 amide bonds. The van der Waals surface area contributed by atoms with Gasteiger partial charge in [-0.05, 0) is 42.0 Å². The molecule has 0 aliphatic heterocycles. The van der Waals surface area contributed by atoms with E-state index in [2.05, 4.69) is 28.1 Å². The first-order valence-corrected chi connectivity index (χ1v) is 7.11. The summed E-state index contributed by atoms with van der Waals surface area (Å²) in [4.78, 5) is 6.43. The van der Waals surface area contributed by atoms with Crippen LogP contribution in [0.15, 0.2) is 54.7 Å². The summed E-state index contributed by atoms with van der Waals surface area (Å²) in [6, 6.07) is 15.8. The van der Waals surface area contributed by atoms with Crippen LogP contribution < -0.4 is 10.6 Å². The Kier molecular flexibility index (Phi) is 3.67. The van der Waals surface area contributed by atoms with Gasteiger partial charge in [-0.2, -0.15) is 0 Å². The van der Waals surface area contributed by atoms with E-state index in [9.17, 15) is 0 Å². The molecule has 0 saturated carbocycles. The van der Waals surface area contributed by atoms with E-state index >= 15 is 0 Å². The molecule has 1 aromatic heterocycles. The highest BCUT2D eigenvalue weighted by atomic mass is 35.5. The maximum atomic E-state index is 6.05. The summed E-state index contributed by atoms with van der Waals surface area (Å²) in [5, 5.41) is 1.83. The molecule has 0 atom stereocenters. The summed E-state index contributed by atoms with van der Waals surface area (Å²) in [6.07, 6.45) is 1.81. The molecule has 0 radical (unpaired) electrons. The Labute approximate surface area is 129 Å². The number of hydrogen-bond acceptors (Lipinski definition) is 3. The Morgan fingerprint density at radius 1 is 1.14 bits per heavy atom. The lowest BCUT2D eigenvalue weighted by Gasteiger charge is -2.21. The van der Waals surface area contributed by atoms with Crippen molar-refractivity contribution in [1.29, 1.82) is 0 Å². The number of aromatic nitrogens is 1. The second-order valence-electron chi connectivity index (χ2n) is 5.09. The highest BCUT2D eigenvalue weighted by Gasteiger charge is 2.07. The number of anilines is 2. The summed E-state index contributed by atoms with van der Waals surface area (Å²) in [5.41, 5.74) is 9.90. The van der Waals surface area contributed by atoms with Gasteiger partial charge in [0.2, 0.25) is 0 Å². The average Bonchev–Trinajstić information content (AvgIpc) is 2.49. The third kappa shape index (κ3) is 2.93. The predicted molar refractivity (Wildman–Crippen MR) is 89.7 cm³/mol. The van der Waals surface area contributed by atoms with Gasteiger partial charge < -0.3 is 10.6 Å². The maximum Gasteiger partial charge on any atom is 0.0702 e. The molecule has 1 heterocycles. The van der Waals surface area contributed by atoms with Gasteiger partial charge >= 0.3 is 0 Å². The van der Waals surface area contributed by atoms with Crippen molar-refractivity contribution in [2.24, 2.45) is 0 Å². The quantitative estimate of drug-likeness (QED) is 0.740. The van der Waals surface area contributed by atoms with Gasteiger partial charge in [0.05, 0.1) is 16.9 Å². The Hall–Kier alpha value is -2.26. The second kappa shape index (κ2) is 5.62. The van der Waals surface area contributed by atoms with E-state index in [-0.39, 0.29) is 0 Å². The van der Waals surface area contributed by atoms with E-state index in [0.29, 0.717) is 5.02 Å². The number of benzene rings is 2. The van der Waals surface area contributed by atoms with E-state index in [4.69, 9.17) is 17.3 Å². The topological polar surface area (TPSA) is 42.2 Å². The van der Waals surface area contributed by atoms with Crippen LogP contribution in [0.4, 0.5) is 11.4 Å². The van der Waals surface area contributed by atoms with Gasteiger partial charge in [-0.15, -0.1) is 0 Å². The van der Waals surface area contributed by atoms with Crippen LogP contribution in [0, 0.1) is 0 Å². The Morgan fingerprint density at radius 2 is 2.00 bits per heavy atom. The van der Waals surface area contributed by atoms with E-state index in [1.807, 2.05) is 31.3 Å². The van der Waals surface area contributed by atoms with Gasteiger partial charge in [-0.25, -0.2) is 0 Å². The highest BCUT2D eigenvalue weighted by molar-refractivity contribution is 6.31. The molecule has 3 nitrogen and oxygen atoms in total. The van der Waals surface area contributed by atoms with Crippen molar-refractivity contribution >= 4 is 33.9 Å². The first-order valence-electron chi connectivity index (χ1n) is 6.73. The molecule has 0 aliphatic rings. The van der Waals surface area contributed by atoms with Crippen molar-refractivity contribution in [3.05, 3.63) is 65.3 Å². The Bertz CT molecular complexity index is 786. The molecule has 2 aromatic carbocycles. The van der Waals surface area contributed by atoms with Crippen molar-refractivity contribution in [1.82, 2.24) is 4.98 Å². The molecular weight excluding hydrogens is 282 g/mol. The molecule has 3 rings (SSSR count). The minimum atomic E-state index is 0.689. The SMILES string of the molecule is CN(Cc1ccc2ncccc2c1)c1cc(Cl)ccc1N. The predicted octanol–water partition coefficient (Wildman–Crippen LogP) is 4.11. The third-order valence-corrected chi connectivity index (χ3v) is 3.73. The summed E-state index contributed by atoms with van der Waals surface area (Å²) in [6.45, 7) is 0.759. The van der Waals surface area contributed by atoms with E-state index in [1.54, 1.807) is 12.3 Å². The summed E-state index contributed by atoms with van der Waals surface area (Å²) in [5.74, 6) is 0. The van der Waals surface area contributed by atoms with Crippen LogP contribution in [0.2, 0.25) is 5.02 Å². The number of nitrogens with zero attached hydrogens (tertiary/aromatic N) is 2. The average molecular weight is 298 g/mol. The molecule has 106 valence electrons. The number of nitrogens with two attached hydrogens (primary N) is 1. The third-order valence-electron chi connectivity index (χ3n) is 3.49. The monoisotopic (exact) mass is 297 g/mol. The normalized spacial score (nSPS) is 10.8. The fourth-order valence-electron chi connectivity index (χ4n) is 2.43. The van der Waals surface area contributed by atoms with Gasteiger partial charge in [0.25, 0.3) is 0 Å². The number of nitrogen functional groups attached to an aromatic ring is 1. The fraction of sp³-hybridized carbons (Fsp3) is 0.118. The second-order valence-corrected chi connectivity index (χ2v) is 5.53. The van der Waals surface area contributed by atoms with Crippen LogP contribution in [0.25, 0.3) is 10.9 Å². The van der Waals surface area contributed by atoms with Gasteiger partial charge in [0.15, 0.2) is 0 Å². The van der Waals surface area contributed by atoms with Crippen LogP contribution in [0.1, 0.15) is 5.56 Å². The lowest BCUT2D eigenvalue weighted by Crippen LogP contribution is -2.17. The number of halogens is 1. The smallest absolute Gasteiger partial charge is 0.0702 e. The fourth-order valence-corrected chi connectivity index (χ4v) is 2.60. The van der Waals surface area contributed by atoms with Crippen molar-refractivity contribution < 1.29 is 0 Å². The highest BCUT2D eigenvalue weighted by Crippen LogP contribution is 2.27. The number of hydrogen-bond donors (Lipinski definition) is 1. The lowest BCUT2D eigenvalue weighted by atomic mass is 10.1. The van der Waals surface area contributed by atoms with Crippen LogP contribution in [-0.4, -0.2) is 12.0 Å². The minimum absolute atomic E-state index is 0.689. The maximum absolute atomic E-state index is 6.05. The van der Waals surface area contributed by atoms with E-state index < -0.39 is 0 Å². The van der Waals surface area contributed by atoms with Crippen LogP contribution in [-0.2, 0) is 6.54 Å². The summed E-state index contributed by atoms with van der Waals surface area (Å²) >= 11 is 6.05. The van der Waals surface area contributed by atoms with Gasteiger partial charge in [0, 0.05) is 30.2 Å². The van der Waals surface area contributed by atoms with E-state index in [1.165, 1.54) is 5.56 Å². The van der Waals surface area contributed by atoms with Crippen molar-refractivity contribution in [2.45, 2.75) is 6.54 Å². The zero-order chi connectivity index (χ0) is 14.8. The van der Waals surface area contributed by atoms with Gasteiger partial charge in [0.1, 0.15) is 0 Å². The summed E-state index contributed by atoms with van der Waals surface area (Å²) in [7, 11) is 2.01. The lowest BCUT2D eigenvalue weighted by molar-refractivity contribution is 0.926. The zero-order valence-corrected chi connectivity index (χ0v) is 12.5. The molecule has 0 aliphatic carbocycles. The van der Waals surface area contributed by atoms with Gasteiger partial charge in [-0.1, -0.05) is 23.7 Å². The molecule has 2 N–H and O–H groups in total. The molecule has 0 saturated heterocycles. The molecule has 0 fully saturated rings. The summed E-state index contributed by atoms with van der Waals surface area (Å²) < 4.78 is 0. The Morgan fingerprint density at radius 3 is 2.86 bits per heavy atom. The van der Waals surface area contributed by atoms with Crippen LogP contribution >= 0.6 is 11.6 Å². The largest absolute Gasteiger partial charge is 0.397 e. The van der Waals surface area contributed by atoms with Gasteiger partial charge in [-0.3, -0.25) is 4.98 Å². The number of rotatable bonds is 3. The first kappa shape index (κ1) is 13.7. The van der Waals surface area contributed by atoms with E-state index in [0.717, 1.165) is 28.8 Å². The standard InChI is InChI=1S/C17H16ClN3/c1-21(17-10-14(18)5-6-15(17)19)11-12-4-7-16-13(9-12)3-2-8-20-16/h2-10H,11,19H2,1H3. The van der Waals surface area contributed by atoms with Crippen molar-refractivity contribution in [3.63, 3.8) is 0 Å².